The number of likely N-dealkylation sites (tertiary alicyclic amines) is 1. The van der Waals surface area contributed by atoms with Crippen LogP contribution in [0.3, 0.4) is 0 Å². The molecule has 2 aliphatic rings. The molecular weight excluding hydrogens is 234 g/mol. The minimum absolute atomic E-state index is 0.440. The van der Waals surface area contributed by atoms with E-state index in [1.54, 1.807) is 18.2 Å². The average Bonchev–Trinajstić information content (AvgIpc) is 2.78. The Morgan fingerprint density at radius 1 is 1.16 bits per heavy atom. The summed E-state index contributed by atoms with van der Waals surface area (Å²) in [5.41, 5.74) is 3.57. The number of fused-ring (bicyclic) bond motifs is 2. The van der Waals surface area contributed by atoms with E-state index in [1.807, 2.05) is 0 Å². The Morgan fingerprint density at radius 3 is 2.53 bits per heavy atom. The molecule has 1 aliphatic carbocycles. The fraction of sp³-hybridized carbons (Fsp3) is 0.647. The van der Waals surface area contributed by atoms with Crippen LogP contribution in [0.1, 0.15) is 44.2 Å². The predicted octanol–water partition coefficient (Wildman–Crippen LogP) is 3.38. The third-order valence-corrected chi connectivity index (χ3v) is 5.25. The summed E-state index contributed by atoms with van der Waals surface area (Å²) in [7, 11) is 1.77. The van der Waals surface area contributed by atoms with Gasteiger partial charge in [0.1, 0.15) is 5.75 Å². The third kappa shape index (κ3) is 2.16. The lowest BCUT2D eigenvalue weighted by atomic mass is 9.73. The standard InChI is InChI=1S/C17H25NO/c1-13(2)18-10-8-17(9-11-18)7-6-14-4-5-15(19-3)12-16(14)17/h4-5,12-13H,6-11H2,1-3H3. The van der Waals surface area contributed by atoms with Gasteiger partial charge in [-0.25, -0.2) is 0 Å². The summed E-state index contributed by atoms with van der Waals surface area (Å²) in [5, 5.41) is 0. The first-order valence-electron chi connectivity index (χ1n) is 7.56. The lowest BCUT2D eigenvalue weighted by Crippen LogP contribution is -2.44. The summed E-state index contributed by atoms with van der Waals surface area (Å²) in [6.45, 7) is 7.11. The van der Waals surface area contributed by atoms with Crippen molar-refractivity contribution in [1.29, 1.82) is 0 Å². The molecule has 0 unspecified atom stereocenters. The van der Waals surface area contributed by atoms with Gasteiger partial charge in [-0.05, 0) is 81.3 Å². The van der Waals surface area contributed by atoms with Crippen molar-refractivity contribution >= 4 is 0 Å². The van der Waals surface area contributed by atoms with Crippen molar-refractivity contribution < 1.29 is 4.74 Å². The molecule has 104 valence electrons. The van der Waals surface area contributed by atoms with E-state index in [2.05, 4.69) is 36.9 Å². The minimum Gasteiger partial charge on any atom is -0.497 e. The zero-order valence-electron chi connectivity index (χ0n) is 12.4. The first-order chi connectivity index (χ1) is 9.14. The summed E-state index contributed by atoms with van der Waals surface area (Å²) in [4.78, 5) is 2.61. The Labute approximate surface area is 116 Å². The van der Waals surface area contributed by atoms with Gasteiger partial charge in [0, 0.05) is 6.04 Å². The van der Waals surface area contributed by atoms with Crippen LogP contribution in [0, 0.1) is 0 Å². The maximum absolute atomic E-state index is 5.42. The van der Waals surface area contributed by atoms with E-state index in [1.165, 1.54) is 38.8 Å². The van der Waals surface area contributed by atoms with Crippen LogP contribution in [0.2, 0.25) is 0 Å². The summed E-state index contributed by atoms with van der Waals surface area (Å²) in [5.74, 6) is 1.02. The van der Waals surface area contributed by atoms with Crippen molar-refractivity contribution in [3.8, 4) is 5.75 Å². The van der Waals surface area contributed by atoms with E-state index in [0.717, 1.165) is 5.75 Å². The van der Waals surface area contributed by atoms with E-state index in [9.17, 15) is 0 Å². The van der Waals surface area contributed by atoms with Gasteiger partial charge < -0.3 is 9.64 Å². The Kier molecular flexibility index (Phi) is 3.30. The lowest BCUT2D eigenvalue weighted by molar-refractivity contribution is 0.129. The molecule has 1 heterocycles. The van der Waals surface area contributed by atoms with Crippen LogP contribution < -0.4 is 4.74 Å². The number of ether oxygens (including phenoxy) is 1. The summed E-state index contributed by atoms with van der Waals surface area (Å²) < 4.78 is 5.42. The summed E-state index contributed by atoms with van der Waals surface area (Å²) in [6, 6.07) is 7.37. The Balaban J connectivity index is 1.85. The highest BCUT2D eigenvalue weighted by Gasteiger charge is 2.41. The molecule has 1 aromatic carbocycles. The van der Waals surface area contributed by atoms with Crippen LogP contribution in [-0.4, -0.2) is 31.1 Å². The Hall–Kier alpha value is -1.02. The van der Waals surface area contributed by atoms with Crippen LogP contribution in [0.25, 0.3) is 0 Å². The van der Waals surface area contributed by atoms with Gasteiger partial charge in [-0.15, -0.1) is 0 Å². The molecule has 0 radical (unpaired) electrons. The second-order valence-electron chi connectivity index (χ2n) is 6.43. The van der Waals surface area contributed by atoms with Gasteiger partial charge in [-0.3, -0.25) is 0 Å². The molecule has 1 spiro atoms. The van der Waals surface area contributed by atoms with Gasteiger partial charge >= 0.3 is 0 Å². The number of benzene rings is 1. The SMILES string of the molecule is COc1ccc2c(c1)C1(CC2)CCN(C(C)C)CC1. The van der Waals surface area contributed by atoms with E-state index < -0.39 is 0 Å². The number of nitrogens with zero attached hydrogens (tertiary/aromatic N) is 1. The maximum atomic E-state index is 5.42. The van der Waals surface area contributed by atoms with Crippen molar-refractivity contribution in [2.45, 2.75) is 51.0 Å². The first kappa shape index (κ1) is 13.0. The maximum Gasteiger partial charge on any atom is 0.119 e. The lowest BCUT2D eigenvalue weighted by Gasteiger charge is -2.42. The van der Waals surface area contributed by atoms with Gasteiger partial charge in [-0.2, -0.15) is 0 Å². The van der Waals surface area contributed by atoms with Gasteiger partial charge in [0.15, 0.2) is 0 Å². The predicted molar refractivity (Wildman–Crippen MR) is 78.9 cm³/mol. The van der Waals surface area contributed by atoms with E-state index >= 15 is 0 Å². The zero-order valence-corrected chi connectivity index (χ0v) is 12.4. The molecule has 19 heavy (non-hydrogen) atoms. The molecular formula is C17H25NO. The summed E-state index contributed by atoms with van der Waals surface area (Å²) in [6.07, 6.45) is 5.21. The molecule has 2 nitrogen and oxygen atoms in total. The highest BCUT2D eigenvalue weighted by Crippen LogP contribution is 2.47. The molecule has 3 rings (SSSR count). The molecule has 1 fully saturated rings. The van der Waals surface area contributed by atoms with Gasteiger partial charge in [0.05, 0.1) is 7.11 Å². The number of methoxy groups -OCH3 is 1. The van der Waals surface area contributed by atoms with Crippen molar-refractivity contribution in [2.24, 2.45) is 0 Å². The minimum atomic E-state index is 0.440. The van der Waals surface area contributed by atoms with Crippen molar-refractivity contribution in [2.75, 3.05) is 20.2 Å². The number of aryl methyl sites for hydroxylation is 1. The molecule has 0 aromatic heterocycles. The Morgan fingerprint density at radius 2 is 1.89 bits per heavy atom. The van der Waals surface area contributed by atoms with Crippen LogP contribution in [0.5, 0.6) is 5.75 Å². The highest BCUT2D eigenvalue weighted by molar-refractivity contribution is 5.44. The monoisotopic (exact) mass is 259 g/mol. The molecule has 0 bridgehead atoms. The molecule has 0 atom stereocenters. The van der Waals surface area contributed by atoms with Gasteiger partial charge in [0.2, 0.25) is 0 Å². The zero-order chi connectivity index (χ0) is 13.5. The van der Waals surface area contributed by atoms with Crippen LogP contribution in [0.15, 0.2) is 18.2 Å². The smallest absolute Gasteiger partial charge is 0.119 e. The van der Waals surface area contributed by atoms with E-state index in [4.69, 9.17) is 4.74 Å². The number of hydrogen-bond acceptors (Lipinski definition) is 2. The number of rotatable bonds is 2. The Bertz CT molecular complexity index is 458. The van der Waals surface area contributed by atoms with E-state index in [0.29, 0.717) is 11.5 Å². The van der Waals surface area contributed by atoms with Crippen LogP contribution >= 0.6 is 0 Å². The molecule has 1 aromatic rings. The van der Waals surface area contributed by atoms with Crippen molar-refractivity contribution in [3.63, 3.8) is 0 Å². The summed E-state index contributed by atoms with van der Waals surface area (Å²) >= 11 is 0. The molecule has 1 saturated heterocycles. The third-order valence-electron chi connectivity index (χ3n) is 5.25. The topological polar surface area (TPSA) is 12.5 Å². The fourth-order valence-corrected chi connectivity index (χ4v) is 3.89. The molecule has 1 aliphatic heterocycles. The average molecular weight is 259 g/mol. The number of piperidine rings is 1. The molecule has 2 heteroatoms. The normalized spacial score (nSPS) is 21.9. The second-order valence-corrected chi connectivity index (χ2v) is 6.43. The molecule has 0 amide bonds. The largest absolute Gasteiger partial charge is 0.497 e. The van der Waals surface area contributed by atoms with Crippen molar-refractivity contribution in [3.05, 3.63) is 29.3 Å². The van der Waals surface area contributed by atoms with Gasteiger partial charge in [-0.1, -0.05) is 6.07 Å². The highest BCUT2D eigenvalue weighted by atomic mass is 16.5. The molecule has 0 saturated carbocycles. The quantitative estimate of drug-likeness (QED) is 0.807. The van der Waals surface area contributed by atoms with Crippen LogP contribution in [0.4, 0.5) is 0 Å². The second kappa shape index (κ2) is 4.82. The first-order valence-corrected chi connectivity index (χ1v) is 7.56. The number of hydrogen-bond donors (Lipinski definition) is 0. The molecule has 0 N–H and O–H groups in total. The van der Waals surface area contributed by atoms with Gasteiger partial charge in [0.25, 0.3) is 0 Å². The van der Waals surface area contributed by atoms with Crippen molar-refractivity contribution in [1.82, 2.24) is 4.90 Å². The van der Waals surface area contributed by atoms with Crippen LogP contribution in [-0.2, 0) is 11.8 Å². The fourth-order valence-electron chi connectivity index (χ4n) is 3.89. The van der Waals surface area contributed by atoms with E-state index in [-0.39, 0.29) is 0 Å².